The fourth-order valence-electron chi connectivity index (χ4n) is 2.28. The van der Waals surface area contributed by atoms with Crippen molar-refractivity contribution in [2.24, 2.45) is 0 Å². The highest BCUT2D eigenvalue weighted by molar-refractivity contribution is 7.98. The zero-order valence-corrected chi connectivity index (χ0v) is 15.9. The van der Waals surface area contributed by atoms with Crippen LogP contribution in [0.15, 0.2) is 58.6 Å². The molecule has 0 saturated heterocycles. The zero-order valence-electron chi connectivity index (χ0n) is 14.3. The van der Waals surface area contributed by atoms with Crippen molar-refractivity contribution in [3.05, 3.63) is 70.6 Å². The van der Waals surface area contributed by atoms with Gasteiger partial charge >= 0.3 is 0 Å². The van der Waals surface area contributed by atoms with Crippen LogP contribution in [-0.4, -0.2) is 30.9 Å². The number of thioether (sulfide) groups is 1. The summed E-state index contributed by atoms with van der Waals surface area (Å²) >= 11 is 2.63. The average molecular weight is 416 g/mol. The predicted molar refractivity (Wildman–Crippen MR) is 102 cm³/mol. The second-order valence-electron chi connectivity index (χ2n) is 5.57. The van der Waals surface area contributed by atoms with Crippen molar-refractivity contribution in [3.63, 3.8) is 0 Å². The number of anilines is 1. The van der Waals surface area contributed by atoms with Crippen molar-refractivity contribution in [1.29, 1.82) is 0 Å². The van der Waals surface area contributed by atoms with Gasteiger partial charge in [0.15, 0.2) is 5.16 Å². The maximum absolute atomic E-state index is 12.9. The van der Waals surface area contributed by atoms with Gasteiger partial charge in [-0.2, -0.15) is 0 Å². The molecule has 3 aromatic heterocycles. The molecule has 0 spiro atoms. The van der Waals surface area contributed by atoms with Crippen LogP contribution in [0.2, 0.25) is 0 Å². The Kier molecular flexibility index (Phi) is 5.44. The Morgan fingerprint density at radius 2 is 2.07 bits per heavy atom. The molecule has 1 amide bonds. The van der Waals surface area contributed by atoms with Crippen molar-refractivity contribution in [2.45, 2.75) is 17.5 Å². The Bertz CT molecular complexity index is 1060. The molecule has 4 rings (SSSR count). The first-order valence-corrected chi connectivity index (χ1v) is 9.90. The van der Waals surface area contributed by atoms with Crippen LogP contribution in [0.25, 0.3) is 0 Å². The second kappa shape index (κ2) is 8.31. The Morgan fingerprint density at radius 1 is 1.21 bits per heavy atom. The molecule has 4 aromatic rings. The van der Waals surface area contributed by atoms with Crippen LogP contribution in [0, 0.1) is 5.82 Å². The number of benzene rings is 1. The van der Waals surface area contributed by atoms with E-state index in [1.165, 1.54) is 47.4 Å². The van der Waals surface area contributed by atoms with Crippen LogP contribution in [0.3, 0.4) is 0 Å². The van der Waals surface area contributed by atoms with Crippen molar-refractivity contribution >= 4 is 34.7 Å². The van der Waals surface area contributed by atoms with E-state index in [0.717, 1.165) is 5.76 Å². The van der Waals surface area contributed by atoms with E-state index in [1.54, 1.807) is 12.6 Å². The van der Waals surface area contributed by atoms with Gasteiger partial charge < -0.3 is 14.3 Å². The molecule has 11 heteroatoms. The number of hydrogen-bond donors (Lipinski definition) is 1. The number of hydrogen-bond acceptors (Lipinski definition) is 8. The van der Waals surface area contributed by atoms with Gasteiger partial charge in [-0.1, -0.05) is 23.1 Å². The summed E-state index contributed by atoms with van der Waals surface area (Å²) in [6.07, 6.45) is 3.25. The van der Waals surface area contributed by atoms with E-state index >= 15 is 0 Å². The van der Waals surface area contributed by atoms with Crippen LogP contribution in [0.4, 0.5) is 10.1 Å². The summed E-state index contributed by atoms with van der Waals surface area (Å²) in [6.45, 7) is 0.532. The first-order chi connectivity index (χ1) is 13.7. The molecule has 8 nitrogen and oxygen atoms in total. The molecule has 0 unspecified atom stereocenters. The molecule has 1 aromatic carbocycles. The number of nitrogens with one attached hydrogen (secondary N) is 1. The molecule has 0 aliphatic carbocycles. The fourth-order valence-corrected chi connectivity index (χ4v) is 3.92. The van der Waals surface area contributed by atoms with Gasteiger partial charge in [0.25, 0.3) is 5.91 Å². The number of halogens is 1. The molecule has 0 atom stereocenters. The number of carbonyl (C=O) groups excluding carboxylic acids is 1. The SMILES string of the molecule is O=C(Nc1ccc(F)cc1)c1nnc(CSc2nncn2Cc2ccco2)s1. The van der Waals surface area contributed by atoms with Gasteiger partial charge in [-0.3, -0.25) is 4.79 Å². The average Bonchev–Trinajstić information content (AvgIpc) is 3.44. The Labute approximate surface area is 166 Å². The normalized spacial score (nSPS) is 10.9. The highest BCUT2D eigenvalue weighted by Crippen LogP contribution is 2.24. The molecule has 0 bridgehead atoms. The van der Waals surface area contributed by atoms with E-state index in [-0.39, 0.29) is 16.7 Å². The molecule has 0 aliphatic heterocycles. The molecule has 0 fully saturated rings. The minimum atomic E-state index is -0.388. The first kappa shape index (κ1) is 18.3. The second-order valence-corrected chi connectivity index (χ2v) is 7.58. The third-order valence-electron chi connectivity index (χ3n) is 3.57. The van der Waals surface area contributed by atoms with Crippen molar-refractivity contribution < 1.29 is 13.6 Å². The topological polar surface area (TPSA) is 98.7 Å². The van der Waals surface area contributed by atoms with Crippen molar-refractivity contribution in [3.8, 4) is 0 Å². The summed E-state index contributed by atoms with van der Waals surface area (Å²) in [5, 5.41) is 20.3. The summed E-state index contributed by atoms with van der Waals surface area (Å²) in [5.74, 6) is 0.546. The molecule has 0 radical (unpaired) electrons. The van der Waals surface area contributed by atoms with E-state index in [0.29, 0.717) is 28.1 Å². The van der Waals surface area contributed by atoms with Gasteiger partial charge in [-0.25, -0.2) is 4.39 Å². The number of carbonyl (C=O) groups is 1. The Balaban J connectivity index is 1.36. The lowest BCUT2D eigenvalue weighted by Crippen LogP contribution is -2.11. The lowest BCUT2D eigenvalue weighted by Gasteiger charge is -2.03. The summed E-state index contributed by atoms with van der Waals surface area (Å²) in [6, 6.07) is 9.22. The highest BCUT2D eigenvalue weighted by Gasteiger charge is 2.15. The molecule has 28 heavy (non-hydrogen) atoms. The summed E-state index contributed by atoms with van der Waals surface area (Å²) in [5.41, 5.74) is 0.489. The van der Waals surface area contributed by atoms with E-state index in [1.807, 2.05) is 16.7 Å². The first-order valence-electron chi connectivity index (χ1n) is 8.09. The van der Waals surface area contributed by atoms with Gasteiger partial charge in [0, 0.05) is 5.69 Å². The molecule has 3 heterocycles. The lowest BCUT2D eigenvalue weighted by atomic mass is 10.3. The number of amides is 1. The number of furan rings is 1. The summed E-state index contributed by atoms with van der Waals surface area (Å²) < 4.78 is 20.1. The van der Waals surface area contributed by atoms with Crippen molar-refractivity contribution in [2.75, 3.05) is 5.32 Å². The van der Waals surface area contributed by atoms with Crippen LogP contribution in [-0.2, 0) is 12.3 Å². The van der Waals surface area contributed by atoms with E-state index in [9.17, 15) is 9.18 Å². The summed E-state index contributed by atoms with van der Waals surface area (Å²) in [7, 11) is 0. The monoisotopic (exact) mass is 416 g/mol. The molecule has 0 saturated carbocycles. The Morgan fingerprint density at radius 3 is 2.86 bits per heavy atom. The lowest BCUT2D eigenvalue weighted by molar-refractivity contribution is 0.102. The maximum atomic E-state index is 12.9. The van der Waals surface area contributed by atoms with Gasteiger partial charge in [0.05, 0.1) is 18.6 Å². The van der Waals surface area contributed by atoms with Crippen LogP contribution in [0.1, 0.15) is 20.6 Å². The number of rotatable bonds is 7. The fraction of sp³-hybridized carbons (Fsp3) is 0.118. The molecular formula is C17H13FN6O2S2. The van der Waals surface area contributed by atoms with E-state index in [2.05, 4.69) is 25.7 Å². The highest BCUT2D eigenvalue weighted by atomic mass is 32.2. The molecule has 1 N–H and O–H groups in total. The third kappa shape index (κ3) is 4.43. The van der Waals surface area contributed by atoms with Crippen LogP contribution in [0.5, 0.6) is 0 Å². The van der Waals surface area contributed by atoms with Crippen molar-refractivity contribution in [1.82, 2.24) is 25.0 Å². The van der Waals surface area contributed by atoms with Gasteiger partial charge in [-0.05, 0) is 36.4 Å². The minimum absolute atomic E-state index is 0.233. The quantitative estimate of drug-likeness (QED) is 0.461. The minimum Gasteiger partial charge on any atom is -0.467 e. The number of aromatic nitrogens is 5. The van der Waals surface area contributed by atoms with Gasteiger partial charge in [0.1, 0.15) is 22.9 Å². The third-order valence-corrected chi connectivity index (χ3v) is 5.67. The zero-order chi connectivity index (χ0) is 19.3. The van der Waals surface area contributed by atoms with Crippen LogP contribution < -0.4 is 5.32 Å². The molecular weight excluding hydrogens is 403 g/mol. The van der Waals surface area contributed by atoms with Gasteiger partial charge in [-0.15, -0.1) is 20.4 Å². The largest absolute Gasteiger partial charge is 0.467 e. The van der Waals surface area contributed by atoms with E-state index in [4.69, 9.17) is 4.42 Å². The standard InChI is InChI=1S/C17H13FN6O2S2/c18-11-3-5-12(6-4-11)20-15(25)16-22-21-14(28-16)9-27-17-23-19-10-24(17)8-13-2-1-7-26-13/h1-7,10H,8-9H2,(H,20,25). The summed E-state index contributed by atoms with van der Waals surface area (Å²) in [4.78, 5) is 12.2. The maximum Gasteiger partial charge on any atom is 0.286 e. The molecule has 142 valence electrons. The van der Waals surface area contributed by atoms with E-state index < -0.39 is 0 Å². The predicted octanol–water partition coefficient (Wildman–Crippen LogP) is 3.45. The number of nitrogens with zero attached hydrogens (tertiary/aromatic N) is 5. The van der Waals surface area contributed by atoms with Crippen LogP contribution >= 0.6 is 23.1 Å². The molecule has 0 aliphatic rings. The van der Waals surface area contributed by atoms with Gasteiger partial charge in [0.2, 0.25) is 5.01 Å². The smallest absolute Gasteiger partial charge is 0.286 e. The Hall–Kier alpha value is -3.05.